The summed E-state index contributed by atoms with van der Waals surface area (Å²) < 4.78 is 28.7. The Hall–Kier alpha value is -2.87. The summed E-state index contributed by atoms with van der Waals surface area (Å²) in [5, 5.41) is 12.6. The van der Waals surface area contributed by atoms with Crippen molar-refractivity contribution in [3.05, 3.63) is 71.6 Å². The topological polar surface area (TPSA) is 51.3 Å². The summed E-state index contributed by atoms with van der Waals surface area (Å²) in [4.78, 5) is 3.58. The highest BCUT2D eigenvalue weighted by atomic mass is 19.1. The minimum atomic E-state index is -0.271. The molecule has 0 bridgehead atoms. The molecule has 1 aliphatic rings. The van der Waals surface area contributed by atoms with Gasteiger partial charge in [0.05, 0.1) is 31.7 Å². The minimum Gasteiger partial charge on any atom is -0.360 e. The number of quaternary nitrogens is 1. The molecule has 0 saturated carbocycles. The Morgan fingerprint density at radius 2 is 1.47 bits per heavy atom. The van der Waals surface area contributed by atoms with E-state index in [-0.39, 0.29) is 23.2 Å². The summed E-state index contributed by atoms with van der Waals surface area (Å²) in [5.41, 5.74) is 1.74. The van der Waals surface area contributed by atoms with Crippen molar-refractivity contribution in [2.45, 2.75) is 32.4 Å². The number of anilines is 1. The van der Waals surface area contributed by atoms with Crippen LogP contribution in [0.4, 0.5) is 14.5 Å². The highest BCUT2D eigenvalue weighted by Crippen LogP contribution is 2.23. The van der Waals surface area contributed by atoms with E-state index in [0.29, 0.717) is 0 Å². The van der Waals surface area contributed by atoms with Gasteiger partial charge in [0, 0.05) is 11.3 Å². The van der Waals surface area contributed by atoms with Crippen LogP contribution in [-0.2, 0) is 5.54 Å². The van der Waals surface area contributed by atoms with Crippen molar-refractivity contribution in [1.29, 1.82) is 0 Å². The van der Waals surface area contributed by atoms with E-state index in [4.69, 9.17) is 0 Å². The van der Waals surface area contributed by atoms with Crippen molar-refractivity contribution in [2.24, 2.45) is 0 Å². The molecule has 158 valence electrons. The number of piperazine rings is 1. The molecule has 0 unspecified atom stereocenters. The normalized spacial score (nSPS) is 16.6. The maximum Gasteiger partial charge on any atom is 0.214 e. The second kappa shape index (κ2) is 8.10. The van der Waals surface area contributed by atoms with Gasteiger partial charge in [-0.3, -0.25) is 0 Å². The number of hydrogen-bond acceptors (Lipinski definition) is 4. The molecule has 30 heavy (non-hydrogen) atoms. The molecule has 3 aromatic rings. The van der Waals surface area contributed by atoms with Gasteiger partial charge < -0.3 is 9.80 Å². The average molecular weight is 413 g/mol. The molecule has 1 aliphatic heterocycles. The number of benzene rings is 2. The summed E-state index contributed by atoms with van der Waals surface area (Å²) >= 11 is 0. The molecule has 0 radical (unpaired) electrons. The van der Waals surface area contributed by atoms with Crippen molar-refractivity contribution in [3.63, 3.8) is 0 Å². The van der Waals surface area contributed by atoms with Crippen LogP contribution >= 0.6 is 0 Å². The van der Waals surface area contributed by atoms with E-state index in [0.717, 1.165) is 43.3 Å². The molecule has 4 rings (SSSR count). The Kier molecular flexibility index (Phi) is 5.51. The van der Waals surface area contributed by atoms with Crippen LogP contribution in [0.1, 0.15) is 38.2 Å². The number of halogens is 2. The van der Waals surface area contributed by atoms with Crippen molar-refractivity contribution in [3.8, 4) is 0 Å². The number of nitrogens with zero attached hydrogens (tertiary/aromatic N) is 5. The Morgan fingerprint density at radius 1 is 0.900 bits per heavy atom. The van der Waals surface area contributed by atoms with Gasteiger partial charge >= 0.3 is 0 Å². The van der Waals surface area contributed by atoms with Crippen LogP contribution in [-0.4, -0.2) is 46.4 Å². The summed E-state index contributed by atoms with van der Waals surface area (Å²) in [5.74, 6) is 0.289. The van der Waals surface area contributed by atoms with Crippen LogP contribution in [0.3, 0.4) is 0 Å². The molecule has 0 spiro atoms. The second-order valence-corrected chi connectivity index (χ2v) is 8.73. The lowest BCUT2D eigenvalue weighted by Crippen LogP contribution is -3.15. The first-order valence-electron chi connectivity index (χ1n) is 10.2. The minimum absolute atomic E-state index is 0.102. The smallest absolute Gasteiger partial charge is 0.214 e. The van der Waals surface area contributed by atoms with Gasteiger partial charge in [-0.25, -0.2) is 13.5 Å². The van der Waals surface area contributed by atoms with E-state index in [9.17, 15) is 8.78 Å². The molecule has 1 saturated heterocycles. The lowest BCUT2D eigenvalue weighted by molar-refractivity contribution is -0.927. The Morgan fingerprint density at radius 3 is 2.03 bits per heavy atom. The van der Waals surface area contributed by atoms with Gasteiger partial charge in [-0.2, -0.15) is 0 Å². The summed E-state index contributed by atoms with van der Waals surface area (Å²) in [7, 11) is 0. The van der Waals surface area contributed by atoms with Crippen molar-refractivity contribution in [1.82, 2.24) is 20.2 Å². The average Bonchev–Trinajstić information content (AvgIpc) is 3.21. The molecule has 0 aliphatic carbocycles. The van der Waals surface area contributed by atoms with Crippen LogP contribution in [0.5, 0.6) is 0 Å². The Balaban J connectivity index is 1.62. The van der Waals surface area contributed by atoms with Gasteiger partial charge in [0.25, 0.3) is 0 Å². The number of nitrogens with one attached hydrogen (secondary N) is 1. The van der Waals surface area contributed by atoms with Gasteiger partial charge in [-0.05, 0) is 79.7 Å². The summed E-state index contributed by atoms with van der Waals surface area (Å²) in [6.07, 6.45) is 0. The van der Waals surface area contributed by atoms with Crippen molar-refractivity contribution >= 4 is 5.69 Å². The highest BCUT2D eigenvalue weighted by molar-refractivity contribution is 5.46. The lowest BCUT2D eigenvalue weighted by atomic mass is 10.0. The van der Waals surface area contributed by atoms with Gasteiger partial charge in [0.2, 0.25) is 5.82 Å². The van der Waals surface area contributed by atoms with Crippen LogP contribution in [0.2, 0.25) is 0 Å². The Bertz CT molecular complexity index is 970. The number of hydrogen-bond donors (Lipinski definition) is 1. The molecule has 8 heteroatoms. The molecule has 6 nitrogen and oxygen atoms in total. The first kappa shape index (κ1) is 20.4. The fourth-order valence-electron chi connectivity index (χ4n) is 4.07. The van der Waals surface area contributed by atoms with Gasteiger partial charge in [0.1, 0.15) is 11.6 Å². The SMILES string of the molecule is CC(C)(C)n1nnnc1[C@H](c1ccc(F)cc1)[NH+]1CCN(c2ccc(F)cc2)CC1. The third kappa shape index (κ3) is 4.18. The monoisotopic (exact) mass is 413 g/mol. The fraction of sp³-hybridized carbons (Fsp3) is 0.409. The van der Waals surface area contributed by atoms with Gasteiger partial charge in [0.15, 0.2) is 6.04 Å². The fourth-order valence-corrected chi connectivity index (χ4v) is 4.07. The van der Waals surface area contributed by atoms with Gasteiger partial charge in [-0.1, -0.05) is 0 Å². The predicted octanol–water partition coefficient (Wildman–Crippen LogP) is 2.20. The lowest BCUT2D eigenvalue weighted by Gasteiger charge is -2.37. The van der Waals surface area contributed by atoms with Crippen molar-refractivity contribution < 1.29 is 13.7 Å². The zero-order valence-electron chi connectivity index (χ0n) is 17.5. The number of tetrazole rings is 1. The van der Waals surface area contributed by atoms with E-state index in [1.54, 1.807) is 0 Å². The maximum atomic E-state index is 13.6. The number of aromatic nitrogens is 4. The second-order valence-electron chi connectivity index (χ2n) is 8.73. The maximum absolute atomic E-state index is 13.6. The van der Waals surface area contributed by atoms with Crippen LogP contribution in [0.25, 0.3) is 0 Å². The third-order valence-corrected chi connectivity index (χ3v) is 5.60. The largest absolute Gasteiger partial charge is 0.360 e. The van der Waals surface area contributed by atoms with E-state index in [1.807, 2.05) is 28.9 Å². The molecule has 1 fully saturated rings. The first-order valence-corrected chi connectivity index (χ1v) is 10.2. The predicted molar refractivity (Wildman–Crippen MR) is 110 cm³/mol. The molecule has 2 heterocycles. The zero-order valence-corrected chi connectivity index (χ0v) is 17.5. The quantitative estimate of drug-likeness (QED) is 0.713. The highest BCUT2D eigenvalue weighted by Gasteiger charge is 2.36. The van der Waals surface area contributed by atoms with E-state index in [1.165, 1.54) is 29.2 Å². The van der Waals surface area contributed by atoms with Gasteiger partial charge in [-0.15, -0.1) is 5.10 Å². The first-order chi connectivity index (χ1) is 14.3. The standard InChI is InChI=1S/C22H26F2N6/c1-22(2,3)30-21(25-26-27-30)20(16-4-6-17(23)7-5-16)29-14-12-28(13-15-29)19-10-8-18(24)9-11-19/h4-11,20H,12-15H2,1-3H3/p+1/t20-/m0/s1. The molecule has 2 aromatic carbocycles. The molecule has 1 atom stereocenters. The zero-order chi connectivity index (χ0) is 21.3. The van der Waals surface area contributed by atoms with Crippen LogP contribution in [0, 0.1) is 11.6 Å². The number of rotatable bonds is 4. The van der Waals surface area contributed by atoms with E-state index >= 15 is 0 Å². The molecule has 0 amide bonds. The molecular formula is C22H27F2N6+. The van der Waals surface area contributed by atoms with E-state index < -0.39 is 0 Å². The van der Waals surface area contributed by atoms with Crippen molar-refractivity contribution in [2.75, 3.05) is 31.1 Å². The van der Waals surface area contributed by atoms with Crippen LogP contribution < -0.4 is 9.80 Å². The summed E-state index contributed by atoms with van der Waals surface area (Å²) in [6, 6.07) is 13.1. The summed E-state index contributed by atoms with van der Waals surface area (Å²) in [6.45, 7) is 9.57. The third-order valence-electron chi connectivity index (χ3n) is 5.60. The molecule has 1 N–H and O–H groups in total. The molecule has 1 aromatic heterocycles. The Labute approximate surface area is 175 Å². The molecular weight excluding hydrogens is 386 g/mol. The van der Waals surface area contributed by atoms with Crippen LogP contribution in [0.15, 0.2) is 48.5 Å². The van der Waals surface area contributed by atoms with E-state index in [2.05, 4.69) is 41.2 Å².